The van der Waals surface area contributed by atoms with E-state index in [4.69, 9.17) is 4.74 Å². The molecule has 0 saturated carbocycles. The molecule has 1 aromatic rings. The molecule has 1 unspecified atom stereocenters. The van der Waals surface area contributed by atoms with E-state index in [2.05, 4.69) is 43.4 Å². The van der Waals surface area contributed by atoms with Gasteiger partial charge in [0.2, 0.25) is 0 Å². The zero-order valence-electron chi connectivity index (χ0n) is 12.3. The number of benzene rings is 1. The number of aryl methyl sites for hydroxylation is 1. The quantitative estimate of drug-likeness (QED) is 0.839. The molecule has 2 nitrogen and oxygen atoms in total. The van der Waals surface area contributed by atoms with Crippen LogP contribution in [0, 0.1) is 0 Å². The molecule has 0 spiro atoms. The summed E-state index contributed by atoms with van der Waals surface area (Å²) in [4.78, 5) is 0. The van der Waals surface area contributed by atoms with Gasteiger partial charge in [-0.15, -0.1) is 0 Å². The van der Waals surface area contributed by atoms with Gasteiger partial charge >= 0.3 is 0 Å². The highest BCUT2D eigenvalue weighted by molar-refractivity contribution is 5.25. The van der Waals surface area contributed by atoms with Gasteiger partial charge in [-0.25, -0.2) is 0 Å². The third kappa shape index (κ3) is 4.63. The minimum atomic E-state index is 0.434. The Labute approximate surface area is 117 Å². The first kappa shape index (κ1) is 14.5. The van der Waals surface area contributed by atoms with Gasteiger partial charge in [0.15, 0.2) is 0 Å². The molecule has 1 aliphatic rings. The molecule has 0 aliphatic carbocycles. The standard InChI is InChI=1S/C17H27NO/c1-3-4-5-15-6-8-16(9-7-15)14(2)18-17-10-12-19-13-11-17/h6-9,14,17-18H,3-5,10-13H2,1-2H3. The van der Waals surface area contributed by atoms with Crippen molar-refractivity contribution in [2.75, 3.05) is 13.2 Å². The van der Waals surface area contributed by atoms with Gasteiger partial charge in [0.05, 0.1) is 0 Å². The monoisotopic (exact) mass is 261 g/mol. The second-order valence-corrected chi connectivity index (χ2v) is 5.62. The number of unbranched alkanes of at least 4 members (excludes halogenated alkanes) is 1. The molecule has 0 radical (unpaired) electrons. The molecule has 0 aromatic heterocycles. The first-order valence-electron chi connectivity index (χ1n) is 7.72. The van der Waals surface area contributed by atoms with E-state index < -0.39 is 0 Å². The molecule has 1 fully saturated rings. The third-order valence-corrected chi connectivity index (χ3v) is 4.01. The van der Waals surface area contributed by atoms with Crippen molar-refractivity contribution in [1.29, 1.82) is 0 Å². The van der Waals surface area contributed by atoms with Crippen LogP contribution in [0.4, 0.5) is 0 Å². The Balaban J connectivity index is 1.85. The highest BCUT2D eigenvalue weighted by Gasteiger charge is 2.16. The van der Waals surface area contributed by atoms with Crippen LogP contribution in [-0.2, 0) is 11.2 Å². The fourth-order valence-electron chi connectivity index (χ4n) is 2.67. The SMILES string of the molecule is CCCCc1ccc(C(C)NC2CCOCC2)cc1. The summed E-state index contributed by atoms with van der Waals surface area (Å²) < 4.78 is 5.40. The van der Waals surface area contributed by atoms with E-state index in [1.165, 1.54) is 30.4 Å². The Morgan fingerprint density at radius 1 is 1.21 bits per heavy atom. The fourth-order valence-corrected chi connectivity index (χ4v) is 2.67. The van der Waals surface area contributed by atoms with Crippen LogP contribution < -0.4 is 5.32 Å². The van der Waals surface area contributed by atoms with E-state index in [-0.39, 0.29) is 0 Å². The van der Waals surface area contributed by atoms with Gasteiger partial charge in [-0.1, -0.05) is 37.6 Å². The summed E-state index contributed by atoms with van der Waals surface area (Å²) in [5, 5.41) is 3.72. The van der Waals surface area contributed by atoms with Gasteiger partial charge in [0.25, 0.3) is 0 Å². The second kappa shape index (κ2) is 7.66. The molecule has 2 heteroatoms. The van der Waals surface area contributed by atoms with Crippen molar-refractivity contribution in [3.63, 3.8) is 0 Å². The first-order valence-corrected chi connectivity index (χ1v) is 7.72. The lowest BCUT2D eigenvalue weighted by Crippen LogP contribution is -2.36. The molecule has 2 rings (SSSR count). The molecule has 1 aromatic carbocycles. The Kier molecular flexibility index (Phi) is 5.87. The zero-order chi connectivity index (χ0) is 13.5. The van der Waals surface area contributed by atoms with Gasteiger partial charge in [-0.2, -0.15) is 0 Å². The van der Waals surface area contributed by atoms with E-state index in [0.717, 1.165) is 26.1 Å². The van der Waals surface area contributed by atoms with Crippen LogP contribution in [0.5, 0.6) is 0 Å². The van der Waals surface area contributed by atoms with Crippen molar-refractivity contribution in [3.8, 4) is 0 Å². The average Bonchev–Trinajstić information content (AvgIpc) is 2.46. The van der Waals surface area contributed by atoms with Crippen molar-refractivity contribution in [2.24, 2.45) is 0 Å². The number of nitrogens with one attached hydrogen (secondary N) is 1. The highest BCUT2D eigenvalue weighted by Crippen LogP contribution is 2.17. The largest absolute Gasteiger partial charge is 0.381 e. The van der Waals surface area contributed by atoms with Crippen molar-refractivity contribution in [3.05, 3.63) is 35.4 Å². The lowest BCUT2D eigenvalue weighted by atomic mass is 10.0. The Bertz CT molecular complexity index is 354. The van der Waals surface area contributed by atoms with E-state index in [0.29, 0.717) is 12.1 Å². The maximum absolute atomic E-state index is 5.40. The molecule has 1 heterocycles. The highest BCUT2D eigenvalue weighted by atomic mass is 16.5. The average molecular weight is 261 g/mol. The lowest BCUT2D eigenvalue weighted by molar-refractivity contribution is 0.0754. The van der Waals surface area contributed by atoms with Crippen molar-refractivity contribution < 1.29 is 4.74 Å². The van der Waals surface area contributed by atoms with Gasteiger partial charge < -0.3 is 10.1 Å². The fraction of sp³-hybridized carbons (Fsp3) is 0.647. The molecular formula is C17H27NO. The molecule has 106 valence electrons. The van der Waals surface area contributed by atoms with Crippen LogP contribution in [0.25, 0.3) is 0 Å². The lowest BCUT2D eigenvalue weighted by Gasteiger charge is -2.27. The van der Waals surface area contributed by atoms with Crippen LogP contribution in [0.3, 0.4) is 0 Å². The zero-order valence-corrected chi connectivity index (χ0v) is 12.3. The van der Waals surface area contributed by atoms with Crippen LogP contribution in [0.15, 0.2) is 24.3 Å². The van der Waals surface area contributed by atoms with Gasteiger partial charge in [-0.3, -0.25) is 0 Å². The Morgan fingerprint density at radius 3 is 2.53 bits per heavy atom. The predicted octanol–water partition coefficient (Wildman–Crippen LogP) is 3.86. The summed E-state index contributed by atoms with van der Waals surface area (Å²) >= 11 is 0. The van der Waals surface area contributed by atoms with Crippen molar-refractivity contribution >= 4 is 0 Å². The summed E-state index contributed by atoms with van der Waals surface area (Å²) in [6.07, 6.45) is 6.04. The Hall–Kier alpha value is -0.860. The molecule has 1 N–H and O–H groups in total. The molecule has 1 aliphatic heterocycles. The normalized spacial score (nSPS) is 18.4. The summed E-state index contributed by atoms with van der Waals surface area (Å²) in [6, 6.07) is 10.2. The molecule has 1 saturated heterocycles. The van der Waals surface area contributed by atoms with Crippen LogP contribution >= 0.6 is 0 Å². The molecule has 0 amide bonds. The smallest absolute Gasteiger partial charge is 0.0480 e. The minimum Gasteiger partial charge on any atom is -0.381 e. The summed E-state index contributed by atoms with van der Waals surface area (Å²) in [5.74, 6) is 0. The number of ether oxygens (including phenoxy) is 1. The second-order valence-electron chi connectivity index (χ2n) is 5.62. The van der Waals surface area contributed by atoms with Gasteiger partial charge in [-0.05, 0) is 43.7 Å². The maximum Gasteiger partial charge on any atom is 0.0480 e. The minimum absolute atomic E-state index is 0.434. The van der Waals surface area contributed by atoms with Crippen LogP contribution in [0.1, 0.15) is 56.7 Å². The third-order valence-electron chi connectivity index (χ3n) is 4.01. The van der Waals surface area contributed by atoms with Crippen LogP contribution in [-0.4, -0.2) is 19.3 Å². The number of hydrogen-bond donors (Lipinski definition) is 1. The summed E-state index contributed by atoms with van der Waals surface area (Å²) in [7, 11) is 0. The van der Waals surface area contributed by atoms with Crippen molar-refractivity contribution in [1.82, 2.24) is 5.32 Å². The number of rotatable bonds is 6. The topological polar surface area (TPSA) is 21.3 Å². The van der Waals surface area contributed by atoms with E-state index in [1.807, 2.05) is 0 Å². The number of hydrogen-bond acceptors (Lipinski definition) is 2. The van der Waals surface area contributed by atoms with E-state index in [1.54, 1.807) is 0 Å². The van der Waals surface area contributed by atoms with Crippen LogP contribution in [0.2, 0.25) is 0 Å². The van der Waals surface area contributed by atoms with E-state index in [9.17, 15) is 0 Å². The maximum atomic E-state index is 5.40. The molecule has 0 bridgehead atoms. The molecular weight excluding hydrogens is 234 g/mol. The summed E-state index contributed by atoms with van der Waals surface area (Å²) in [5.41, 5.74) is 2.86. The first-order chi connectivity index (χ1) is 9.29. The summed E-state index contributed by atoms with van der Waals surface area (Å²) in [6.45, 7) is 6.31. The molecule has 1 atom stereocenters. The van der Waals surface area contributed by atoms with E-state index >= 15 is 0 Å². The molecule has 19 heavy (non-hydrogen) atoms. The Morgan fingerprint density at radius 2 is 1.89 bits per heavy atom. The van der Waals surface area contributed by atoms with Gasteiger partial charge in [0.1, 0.15) is 0 Å². The van der Waals surface area contributed by atoms with Gasteiger partial charge in [0, 0.05) is 25.3 Å². The predicted molar refractivity (Wildman–Crippen MR) is 80.4 cm³/mol. The van der Waals surface area contributed by atoms with Crippen molar-refractivity contribution in [2.45, 2.75) is 58.0 Å².